The second-order valence-electron chi connectivity index (χ2n) is 5.30. The molecule has 2 aromatic rings. The maximum atomic E-state index is 4.57. The van der Waals surface area contributed by atoms with E-state index in [4.69, 9.17) is 0 Å². The zero-order valence-electron chi connectivity index (χ0n) is 11.9. The zero-order chi connectivity index (χ0) is 13.8. The largest absolute Gasteiger partial charge is 0.316 e. The molecule has 1 aliphatic heterocycles. The molecule has 0 saturated carbocycles. The Morgan fingerprint density at radius 2 is 2.20 bits per heavy atom. The molecule has 3 heterocycles. The minimum Gasteiger partial charge on any atom is -0.316 e. The topological polar surface area (TPSA) is 55.6 Å². The molecule has 0 aromatic carbocycles. The molecule has 0 bridgehead atoms. The fourth-order valence-electron chi connectivity index (χ4n) is 2.89. The van der Waals surface area contributed by atoms with Crippen LogP contribution in [0.1, 0.15) is 25.5 Å². The Morgan fingerprint density at radius 1 is 1.30 bits per heavy atom. The van der Waals surface area contributed by atoms with Crippen molar-refractivity contribution >= 4 is 0 Å². The Kier molecular flexibility index (Phi) is 4.06. The summed E-state index contributed by atoms with van der Waals surface area (Å²) in [4.78, 5) is 9.12. The molecule has 106 valence electrons. The Bertz CT molecular complexity index is 557. The van der Waals surface area contributed by atoms with Crippen molar-refractivity contribution in [2.24, 2.45) is 5.92 Å². The van der Waals surface area contributed by atoms with Gasteiger partial charge in [0.2, 0.25) is 0 Å². The lowest BCUT2D eigenvalue weighted by Gasteiger charge is -2.23. The minimum atomic E-state index is 0.664. The molecule has 5 heteroatoms. The SMILES string of the molecule is CCn1nccc1-c1nccnc1C[C@@H]1CCCNC1. The quantitative estimate of drug-likeness (QED) is 0.923. The summed E-state index contributed by atoms with van der Waals surface area (Å²) in [7, 11) is 0. The van der Waals surface area contributed by atoms with Gasteiger partial charge in [0.1, 0.15) is 5.69 Å². The molecule has 1 aliphatic rings. The summed E-state index contributed by atoms with van der Waals surface area (Å²) in [5, 5.41) is 7.80. The molecule has 0 unspecified atom stereocenters. The van der Waals surface area contributed by atoms with Crippen molar-refractivity contribution in [2.45, 2.75) is 32.7 Å². The van der Waals surface area contributed by atoms with Crippen molar-refractivity contribution in [1.29, 1.82) is 0 Å². The number of hydrogen-bond donors (Lipinski definition) is 1. The Balaban J connectivity index is 1.88. The molecule has 1 atom stereocenters. The standard InChI is InChI=1S/C15H21N5/c1-2-20-14(5-7-19-20)15-13(17-8-9-18-15)10-12-4-3-6-16-11-12/h5,7-9,12,16H,2-4,6,10-11H2,1H3/t12-/m0/s1. The van der Waals surface area contributed by atoms with E-state index in [2.05, 4.69) is 27.3 Å². The first-order valence-corrected chi connectivity index (χ1v) is 7.41. The van der Waals surface area contributed by atoms with Gasteiger partial charge >= 0.3 is 0 Å². The summed E-state index contributed by atoms with van der Waals surface area (Å²) in [6.07, 6.45) is 8.92. The highest BCUT2D eigenvalue weighted by Crippen LogP contribution is 2.23. The van der Waals surface area contributed by atoms with Gasteiger partial charge in [-0.25, -0.2) is 0 Å². The zero-order valence-corrected chi connectivity index (χ0v) is 11.9. The van der Waals surface area contributed by atoms with Gasteiger partial charge in [-0.15, -0.1) is 0 Å². The lowest BCUT2D eigenvalue weighted by molar-refractivity contribution is 0.373. The number of rotatable bonds is 4. The molecule has 0 radical (unpaired) electrons. The predicted molar refractivity (Wildman–Crippen MR) is 78.2 cm³/mol. The first-order valence-electron chi connectivity index (χ1n) is 7.41. The van der Waals surface area contributed by atoms with Crippen LogP contribution in [0.3, 0.4) is 0 Å². The lowest BCUT2D eigenvalue weighted by atomic mass is 9.93. The molecule has 5 nitrogen and oxygen atoms in total. The number of aromatic nitrogens is 4. The van der Waals surface area contributed by atoms with Crippen molar-refractivity contribution in [3.05, 3.63) is 30.4 Å². The Morgan fingerprint density at radius 3 is 3.00 bits per heavy atom. The first kappa shape index (κ1) is 13.2. The van der Waals surface area contributed by atoms with Gasteiger partial charge < -0.3 is 5.32 Å². The molecular formula is C15H21N5. The highest BCUT2D eigenvalue weighted by Gasteiger charge is 2.18. The van der Waals surface area contributed by atoms with Crippen LogP contribution < -0.4 is 5.32 Å². The Hall–Kier alpha value is -1.75. The third-order valence-corrected chi connectivity index (χ3v) is 3.91. The summed E-state index contributed by atoms with van der Waals surface area (Å²) >= 11 is 0. The summed E-state index contributed by atoms with van der Waals surface area (Å²) in [5.41, 5.74) is 3.15. The summed E-state index contributed by atoms with van der Waals surface area (Å²) in [6.45, 7) is 5.18. The number of hydrogen-bond acceptors (Lipinski definition) is 4. The van der Waals surface area contributed by atoms with Crippen molar-refractivity contribution in [3.63, 3.8) is 0 Å². The van der Waals surface area contributed by atoms with Gasteiger partial charge in [-0.1, -0.05) is 0 Å². The molecule has 0 aliphatic carbocycles. The van der Waals surface area contributed by atoms with Crippen LogP contribution in [0, 0.1) is 5.92 Å². The second-order valence-corrected chi connectivity index (χ2v) is 5.30. The van der Waals surface area contributed by atoms with E-state index in [-0.39, 0.29) is 0 Å². The Labute approximate surface area is 119 Å². The van der Waals surface area contributed by atoms with E-state index in [0.29, 0.717) is 5.92 Å². The molecule has 1 saturated heterocycles. The third-order valence-electron chi connectivity index (χ3n) is 3.91. The second kappa shape index (κ2) is 6.13. The van der Waals surface area contributed by atoms with E-state index >= 15 is 0 Å². The van der Waals surface area contributed by atoms with Gasteiger partial charge in [-0.2, -0.15) is 5.10 Å². The number of nitrogens with one attached hydrogen (secondary N) is 1. The van der Waals surface area contributed by atoms with Crippen LogP contribution in [0.2, 0.25) is 0 Å². The van der Waals surface area contributed by atoms with Crippen LogP contribution in [0.25, 0.3) is 11.4 Å². The summed E-state index contributed by atoms with van der Waals surface area (Å²) < 4.78 is 1.98. The van der Waals surface area contributed by atoms with E-state index < -0.39 is 0 Å². The van der Waals surface area contributed by atoms with Crippen molar-refractivity contribution in [3.8, 4) is 11.4 Å². The third kappa shape index (κ3) is 2.72. The maximum Gasteiger partial charge on any atom is 0.110 e. The van der Waals surface area contributed by atoms with Gasteiger partial charge in [0.15, 0.2) is 0 Å². The molecule has 1 N–H and O–H groups in total. The number of piperidine rings is 1. The highest BCUT2D eigenvalue weighted by molar-refractivity contribution is 5.56. The van der Waals surface area contributed by atoms with E-state index in [0.717, 1.165) is 43.1 Å². The van der Waals surface area contributed by atoms with Crippen molar-refractivity contribution < 1.29 is 0 Å². The van der Waals surface area contributed by atoms with Crippen LogP contribution >= 0.6 is 0 Å². The van der Waals surface area contributed by atoms with Crippen LogP contribution in [0.4, 0.5) is 0 Å². The normalized spacial score (nSPS) is 19.1. The van der Waals surface area contributed by atoms with Gasteiger partial charge in [0, 0.05) is 25.1 Å². The monoisotopic (exact) mass is 271 g/mol. The number of aryl methyl sites for hydroxylation is 1. The first-order chi connectivity index (χ1) is 9.88. The van der Waals surface area contributed by atoms with E-state index in [1.54, 1.807) is 12.4 Å². The van der Waals surface area contributed by atoms with Crippen LogP contribution in [-0.2, 0) is 13.0 Å². The fourth-order valence-corrected chi connectivity index (χ4v) is 2.89. The average Bonchev–Trinajstić information content (AvgIpc) is 2.97. The minimum absolute atomic E-state index is 0.664. The molecule has 20 heavy (non-hydrogen) atoms. The summed E-state index contributed by atoms with van der Waals surface area (Å²) in [6, 6.07) is 2.02. The van der Waals surface area contributed by atoms with E-state index in [1.165, 1.54) is 12.8 Å². The molecule has 1 fully saturated rings. The molecule has 3 rings (SSSR count). The maximum absolute atomic E-state index is 4.57. The van der Waals surface area contributed by atoms with Gasteiger partial charge in [0.05, 0.1) is 11.4 Å². The molecule has 0 amide bonds. The van der Waals surface area contributed by atoms with Gasteiger partial charge in [-0.05, 0) is 51.3 Å². The van der Waals surface area contributed by atoms with Crippen LogP contribution in [0.15, 0.2) is 24.7 Å². The van der Waals surface area contributed by atoms with Crippen molar-refractivity contribution in [2.75, 3.05) is 13.1 Å². The van der Waals surface area contributed by atoms with Gasteiger partial charge in [-0.3, -0.25) is 14.6 Å². The number of nitrogens with zero attached hydrogens (tertiary/aromatic N) is 4. The molecule has 2 aromatic heterocycles. The van der Waals surface area contributed by atoms with Crippen LogP contribution in [0.5, 0.6) is 0 Å². The summed E-state index contributed by atoms with van der Waals surface area (Å²) in [5.74, 6) is 0.664. The molecule has 0 spiro atoms. The predicted octanol–water partition coefficient (Wildman–Crippen LogP) is 1.90. The van der Waals surface area contributed by atoms with E-state index in [1.807, 2.05) is 16.9 Å². The smallest absolute Gasteiger partial charge is 0.110 e. The van der Waals surface area contributed by atoms with Crippen LogP contribution in [-0.4, -0.2) is 32.8 Å². The fraction of sp³-hybridized carbons (Fsp3) is 0.533. The van der Waals surface area contributed by atoms with Crippen molar-refractivity contribution in [1.82, 2.24) is 25.1 Å². The molecular weight excluding hydrogens is 250 g/mol. The highest BCUT2D eigenvalue weighted by atomic mass is 15.3. The van der Waals surface area contributed by atoms with Gasteiger partial charge in [0.25, 0.3) is 0 Å². The average molecular weight is 271 g/mol. The lowest BCUT2D eigenvalue weighted by Crippen LogP contribution is -2.31. The van der Waals surface area contributed by atoms with E-state index in [9.17, 15) is 0 Å².